The Labute approximate surface area is 437 Å². The largest absolute Gasteiger partial charge is 0.394 e. The van der Waals surface area contributed by atoms with Gasteiger partial charge in [0.1, 0.15) is 65.8 Å². The van der Waals surface area contributed by atoms with Crippen LogP contribution >= 0.6 is 0 Å². The first-order valence-corrected chi connectivity index (χ1v) is 27.1. The first-order chi connectivity index (χ1) is 35.3. The van der Waals surface area contributed by atoms with Gasteiger partial charge in [-0.15, -0.1) is 0 Å². The van der Waals surface area contributed by atoms with E-state index in [1.807, 2.05) is 13.0 Å². The third kappa shape index (κ3) is 10.2. The van der Waals surface area contributed by atoms with Crippen molar-refractivity contribution in [3.63, 3.8) is 0 Å². The maximum absolute atomic E-state index is 12.7. The van der Waals surface area contributed by atoms with E-state index in [4.69, 9.17) is 52.1 Å². The summed E-state index contributed by atoms with van der Waals surface area (Å²) in [4.78, 5) is 12.7. The number of ketones is 1. The topological polar surface area (TPSA) is 341 Å². The number of methoxy groups -OCH3 is 1. The smallest absolute Gasteiger partial charge is 0.187 e. The van der Waals surface area contributed by atoms with E-state index in [2.05, 4.69) is 0 Å². The minimum Gasteiger partial charge on any atom is -0.394 e. The van der Waals surface area contributed by atoms with Crippen LogP contribution in [0.2, 0.25) is 0 Å². The van der Waals surface area contributed by atoms with E-state index >= 15 is 0 Å². The summed E-state index contributed by atoms with van der Waals surface area (Å²) < 4.78 is 67.2. The number of carbonyl (C=O) groups excluding carboxylic acids is 1. The third-order valence-corrected chi connectivity index (χ3v) is 19.2. The fourth-order valence-electron chi connectivity index (χ4n) is 14.9. The quantitative estimate of drug-likeness (QED) is 0.0954. The molecule has 9 rings (SSSR count). The summed E-state index contributed by atoms with van der Waals surface area (Å²) in [5.41, 5.74) is -4.94. The molecule has 430 valence electrons. The molecule has 0 bridgehead atoms. The Morgan fingerprint density at radius 3 is 1.64 bits per heavy atom. The molecule has 9 aliphatic rings. The zero-order valence-electron chi connectivity index (χ0n) is 44.2. The number of aliphatic hydroxyl groups excluding tert-OH is 9. The van der Waals surface area contributed by atoms with E-state index in [9.17, 15) is 61.0 Å². The summed E-state index contributed by atoms with van der Waals surface area (Å²) >= 11 is 0. The van der Waals surface area contributed by atoms with Crippen LogP contribution in [0.4, 0.5) is 0 Å². The summed E-state index contributed by atoms with van der Waals surface area (Å²) in [7, 11) is 1.46. The van der Waals surface area contributed by atoms with Gasteiger partial charge in [0.05, 0.1) is 73.8 Å². The molecule has 5 heterocycles. The molecule has 0 aromatic carbocycles. The SMILES string of the molecule is COC1CC(OC2C(O)CC(OC3C(O)CC(OC4C(O)CC(OC5CCC6(C)C(=CCC7(O)C6CC(O)C6(C)C(C(C)=O)CC(O)C76O)C5)OC4C)OC3C)OC2C)OC(C)C1OC1OC(CO)C(O)C(O)C1O. The fraction of sp³-hybridized carbons (Fsp3) is 0.942. The van der Waals surface area contributed by atoms with Crippen molar-refractivity contribution in [3.8, 4) is 0 Å². The molecule has 75 heavy (non-hydrogen) atoms. The van der Waals surface area contributed by atoms with Crippen LogP contribution < -0.4 is 0 Å². The van der Waals surface area contributed by atoms with E-state index < -0.39 is 182 Å². The molecule has 23 nitrogen and oxygen atoms in total. The van der Waals surface area contributed by atoms with Crippen molar-refractivity contribution in [3.05, 3.63) is 11.6 Å². The minimum absolute atomic E-state index is 0.00356. The maximum Gasteiger partial charge on any atom is 0.187 e. The van der Waals surface area contributed by atoms with Gasteiger partial charge in [-0.05, 0) is 78.6 Å². The highest BCUT2D eigenvalue weighted by molar-refractivity contribution is 5.80. The Morgan fingerprint density at radius 2 is 1.15 bits per heavy atom. The fourth-order valence-corrected chi connectivity index (χ4v) is 14.9. The van der Waals surface area contributed by atoms with Crippen molar-refractivity contribution in [2.45, 2.75) is 271 Å². The van der Waals surface area contributed by atoms with Crippen molar-refractivity contribution in [2.75, 3.05) is 13.7 Å². The minimum atomic E-state index is -2.11. The number of fused-ring (bicyclic) bond motifs is 5. The van der Waals surface area contributed by atoms with Crippen LogP contribution in [0.1, 0.15) is 113 Å². The van der Waals surface area contributed by atoms with Crippen molar-refractivity contribution >= 4 is 5.78 Å². The van der Waals surface area contributed by atoms with Crippen LogP contribution in [0.25, 0.3) is 0 Å². The normalized spacial score (nSPS) is 55.3. The lowest BCUT2D eigenvalue weighted by Crippen LogP contribution is -2.78. The predicted octanol–water partition coefficient (Wildman–Crippen LogP) is -1.31. The molecule has 5 saturated heterocycles. The van der Waals surface area contributed by atoms with Crippen LogP contribution in [0, 0.1) is 22.7 Å². The zero-order chi connectivity index (χ0) is 54.4. The maximum atomic E-state index is 12.7. The van der Waals surface area contributed by atoms with Gasteiger partial charge in [0, 0.05) is 50.0 Å². The molecular weight excluding hydrogens is 993 g/mol. The predicted molar refractivity (Wildman–Crippen MR) is 254 cm³/mol. The number of carbonyl (C=O) groups is 1. The lowest BCUT2D eigenvalue weighted by Gasteiger charge is -2.66. The zero-order valence-corrected chi connectivity index (χ0v) is 44.2. The van der Waals surface area contributed by atoms with Gasteiger partial charge in [0.2, 0.25) is 0 Å². The lowest BCUT2D eigenvalue weighted by molar-refractivity contribution is -0.357. The number of aliphatic hydroxyl groups is 11. The number of hydrogen-bond acceptors (Lipinski definition) is 23. The molecule has 11 N–H and O–H groups in total. The van der Waals surface area contributed by atoms with Crippen LogP contribution in [0.15, 0.2) is 11.6 Å². The Morgan fingerprint density at radius 1 is 0.640 bits per heavy atom. The van der Waals surface area contributed by atoms with Crippen molar-refractivity contribution < 1.29 is 113 Å². The molecule has 30 atom stereocenters. The summed E-state index contributed by atoms with van der Waals surface area (Å²) in [5.74, 6) is -1.65. The molecule has 3 saturated carbocycles. The molecule has 8 fully saturated rings. The third-order valence-electron chi connectivity index (χ3n) is 19.2. The van der Waals surface area contributed by atoms with Gasteiger partial charge >= 0.3 is 0 Å². The van der Waals surface area contributed by atoms with Crippen molar-refractivity contribution in [2.24, 2.45) is 22.7 Å². The van der Waals surface area contributed by atoms with Crippen LogP contribution in [0.3, 0.4) is 0 Å². The molecule has 23 heteroatoms. The Bertz CT molecular complexity index is 1980. The summed E-state index contributed by atoms with van der Waals surface area (Å²) in [6.07, 6.45) is -19.7. The van der Waals surface area contributed by atoms with E-state index in [0.29, 0.717) is 19.3 Å². The Kier molecular flexibility index (Phi) is 17.2. The van der Waals surface area contributed by atoms with Gasteiger partial charge in [-0.1, -0.05) is 25.5 Å². The second-order valence-electron chi connectivity index (χ2n) is 23.6. The highest BCUT2D eigenvalue weighted by Gasteiger charge is 2.79. The van der Waals surface area contributed by atoms with Crippen molar-refractivity contribution in [1.82, 2.24) is 0 Å². The van der Waals surface area contributed by atoms with E-state index in [0.717, 1.165) is 5.57 Å². The lowest BCUT2D eigenvalue weighted by atomic mass is 9.42. The highest BCUT2D eigenvalue weighted by atomic mass is 16.8. The molecule has 5 aliphatic heterocycles. The highest BCUT2D eigenvalue weighted by Crippen LogP contribution is 2.69. The van der Waals surface area contributed by atoms with Gasteiger partial charge in [-0.3, -0.25) is 4.79 Å². The van der Waals surface area contributed by atoms with E-state index in [1.165, 1.54) is 14.0 Å². The molecule has 0 amide bonds. The summed E-state index contributed by atoms with van der Waals surface area (Å²) in [6, 6.07) is 0. The Hall–Kier alpha value is -1.47. The standard InChI is InChI=1S/C52H84O23/c1-21(54)28-14-36(59)52(64)50(28,7)35(58)19-34-49(6)11-10-27(13-26(49)9-12-51(34,52)63)70-37-15-29(55)44(22(2)66-37)72-38-16-30(56)45(23(3)67-38)73-39-17-31(57)46(24(4)68-39)74-40-18-32(65-8)47(25(5)69-40)75-48-43(62)42(61)41(60)33(20-53)71-48/h9,22-25,27-48,53,55-64H,10-20H2,1-8H3. The molecule has 4 aliphatic carbocycles. The first kappa shape index (κ1) is 58.2. The molecular formula is C52H84O23. The first-order valence-electron chi connectivity index (χ1n) is 27.1. The Balaban J connectivity index is 0.731. The monoisotopic (exact) mass is 1080 g/mol. The number of hydrogen-bond donors (Lipinski definition) is 11. The second kappa shape index (κ2) is 22.1. The summed E-state index contributed by atoms with van der Waals surface area (Å²) in [5, 5.41) is 123. The number of rotatable bonds is 13. The average Bonchev–Trinajstić information content (AvgIpc) is 3.73. The molecule has 0 spiro atoms. The second-order valence-corrected chi connectivity index (χ2v) is 23.6. The van der Waals surface area contributed by atoms with Gasteiger partial charge < -0.3 is 108 Å². The van der Waals surface area contributed by atoms with Crippen LogP contribution in [-0.2, 0) is 56.9 Å². The summed E-state index contributed by atoms with van der Waals surface area (Å²) in [6.45, 7) is 11.3. The van der Waals surface area contributed by atoms with Gasteiger partial charge in [0.15, 0.2) is 31.5 Å². The van der Waals surface area contributed by atoms with Crippen LogP contribution in [-0.4, -0.2) is 234 Å². The molecule has 0 aromatic heterocycles. The average molecular weight is 1080 g/mol. The molecule has 30 unspecified atom stereocenters. The van der Waals surface area contributed by atoms with E-state index in [1.54, 1.807) is 34.6 Å². The van der Waals surface area contributed by atoms with Crippen LogP contribution in [0.5, 0.6) is 0 Å². The number of Topliss-reactive ketones (excluding diaryl/α,β-unsaturated/α-hetero) is 1. The molecule has 0 radical (unpaired) electrons. The molecule has 0 aromatic rings. The van der Waals surface area contributed by atoms with Crippen molar-refractivity contribution in [1.29, 1.82) is 0 Å². The number of ether oxygens (including phenoxy) is 11. The van der Waals surface area contributed by atoms with Gasteiger partial charge in [-0.25, -0.2) is 0 Å². The van der Waals surface area contributed by atoms with E-state index in [-0.39, 0.29) is 56.8 Å². The van der Waals surface area contributed by atoms with Gasteiger partial charge in [-0.2, -0.15) is 0 Å². The van der Waals surface area contributed by atoms with Gasteiger partial charge in [0.25, 0.3) is 0 Å².